The zero-order chi connectivity index (χ0) is 13.1. The number of alkyl halides is 3. The van der Waals surface area contributed by atoms with Crippen LogP contribution in [0.25, 0.3) is 0 Å². The SMILES string of the molecule is C=COc1cc(C(=O)[O-])ccc1OC(F)(F)F. The van der Waals surface area contributed by atoms with E-state index in [9.17, 15) is 23.1 Å². The zero-order valence-corrected chi connectivity index (χ0v) is 8.28. The first-order chi connectivity index (χ1) is 7.83. The van der Waals surface area contributed by atoms with Gasteiger partial charge in [0, 0.05) is 5.56 Å². The lowest BCUT2D eigenvalue weighted by Gasteiger charge is -2.13. The molecule has 0 aliphatic heterocycles. The summed E-state index contributed by atoms with van der Waals surface area (Å²) in [5.74, 6) is -2.63. The lowest BCUT2D eigenvalue weighted by Crippen LogP contribution is -2.22. The van der Waals surface area contributed by atoms with Gasteiger partial charge in [-0.2, -0.15) is 0 Å². The molecule has 0 saturated carbocycles. The summed E-state index contributed by atoms with van der Waals surface area (Å²) in [5.41, 5.74) is -0.337. The predicted octanol–water partition coefficient (Wildman–Crippen LogP) is 1.47. The van der Waals surface area contributed by atoms with Gasteiger partial charge in [-0.05, 0) is 18.2 Å². The molecule has 0 saturated heterocycles. The van der Waals surface area contributed by atoms with Gasteiger partial charge in [0.2, 0.25) is 0 Å². The molecule has 1 aromatic carbocycles. The molecular weight excluding hydrogens is 241 g/mol. The van der Waals surface area contributed by atoms with E-state index < -0.39 is 23.8 Å². The van der Waals surface area contributed by atoms with Crippen LogP contribution in [0.3, 0.4) is 0 Å². The summed E-state index contributed by atoms with van der Waals surface area (Å²) in [6.45, 7) is 3.15. The number of hydrogen-bond donors (Lipinski definition) is 0. The minimum atomic E-state index is -4.90. The van der Waals surface area contributed by atoms with E-state index in [4.69, 9.17) is 0 Å². The van der Waals surface area contributed by atoms with E-state index in [1.54, 1.807) is 0 Å². The summed E-state index contributed by atoms with van der Waals surface area (Å²) >= 11 is 0. The van der Waals surface area contributed by atoms with Crippen molar-refractivity contribution in [3.8, 4) is 11.5 Å². The van der Waals surface area contributed by atoms with Crippen LogP contribution in [0.1, 0.15) is 10.4 Å². The highest BCUT2D eigenvalue weighted by Crippen LogP contribution is 2.33. The molecule has 0 unspecified atom stereocenters. The highest BCUT2D eigenvalue weighted by molar-refractivity contribution is 5.86. The van der Waals surface area contributed by atoms with Crippen molar-refractivity contribution in [3.05, 3.63) is 36.6 Å². The molecule has 7 heteroatoms. The Hall–Kier alpha value is -2.18. The van der Waals surface area contributed by atoms with Crippen molar-refractivity contribution in [2.45, 2.75) is 6.36 Å². The van der Waals surface area contributed by atoms with Crippen molar-refractivity contribution in [2.75, 3.05) is 0 Å². The highest BCUT2D eigenvalue weighted by Gasteiger charge is 2.32. The Morgan fingerprint density at radius 2 is 2.00 bits per heavy atom. The van der Waals surface area contributed by atoms with E-state index in [1.165, 1.54) is 0 Å². The molecule has 0 aliphatic rings. The summed E-state index contributed by atoms with van der Waals surface area (Å²) < 4.78 is 44.2. The monoisotopic (exact) mass is 247 g/mol. The van der Waals surface area contributed by atoms with E-state index >= 15 is 0 Å². The number of ether oxygens (including phenoxy) is 2. The second kappa shape index (κ2) is 4.77. The van der Waals surface area contributed by atoms with Crippen molar-refractivity contribution in [3.63, 3.8) is 0 Å². The molecular formula is C10H6F3O4-. The van der Waals surface area contributed by atoms with Crippen LogP contribution in [0.15, 0.2) is 31.0 Å². The maximum atomic E-state index is 12.0. The van der Waals surface area contributed by atoms with E-state index in [2.05, 4.69) is 16.1 Å². The summed E-state index contributed by atoms with van der Waals surface area (Å²) in [6, 6.07) is 2.57. The Labute approximate surface area is 93.9 Å². The Balaban J connectivity index is 3.12. The molecule has 0 amide bonds. The van der Waals surface area contributed by atoms with Crippen LogP contribution in [0.2, 0.25) is 0 Å². The Kier molecular flexibility index (Phi) is 3.62. The van der Waals surface area contributed by atoms with Crippen LogP contribution in [-0.4, -0.2) is 12.3 Å². The maximum absolute atomic E-state index is 12.0. The highest BCUT2D eigenvalue weighted by atomic mass is 19.4. The number of benzene rings is 1. The first kappa shape index (κ1) is 12.9. The third kappa shape index (κ3) is 3.71. The van der Waals surface area contributed by atoms with Gasteiger partial charge in [-0.1, -0.05) is 6.58 Å². The van der Waals surface area contributed by atoms with Gasteiger partial charge in [-0.25, -0.2) is 0 Å². The van der Waals surface area contributed by atoms with Gasteiger partial charge in [0.05, 0.1) is 12.2 Å². The number of hydrogen-bond acceptors (Lipinski definition) is 4. The van der Waals surface area contributed by atoms with Gasteiger partial charge >= 0.3 is 6.36 Å². The number of carboxylic acid groups (broad SMARTS) is 1. The van der Waals surface area contributed by atoms with E-state index in [-0.39, 0.29) is 5.56 Å². The zero-order valence-electron chi connectivity index (χ0n) is 8.28. The number of carboxylic acids is 1. The maximum Gasteiger partial charge on any atom is 0.573 e. The third-order valence-corrected chi connectivity index (χ3v) is 1.62. The Morgan fingerprint density at radius 1 is 1.35 bits per heavy atom. The summed E-state index contributed by atoms with van der Waals surface area (Å²) in [7, 11) is 0. The Bertz CT molecular complexity index is 440. The molecule has 0 atom stereocenters. The van der Waals surface area contributed by atoms with Crippen LogP contribution in [0.4, 0.5) is 13.2 Å². The van der Waals surface area contributed by atoms with Crippen molar-refractivity contribution in [2.24, 2.45) is 0 Å². The van der Waals surface area contributed by atoms with Crippen molar-refractivity contribution in [1.29, 1.82) is 0 Å². The fourth-order valence-electron chi connectivity index (χ4n) is 1.03. The van der Waals surface area contributed by atoms with E-state index in [0.717, 1.165) is 24.5 Å². The lowest BCUT2D eigenvalue weighted by molar-refractivity contribution is -0.275. The predicted molar refractivity (Wildman–Crippen MR) is 48.3 cm³/mol. The van der Waals surface area contributed by atoms with Gasteiger partial charge in [0.1, 0.15) is 0 Å². The molecule has 0 fully saturated rings. The molecule has 0 bridgehead atoms. The number of rotatable bonds is 4. The van der Waals surface area contributed by atoms with Crippen molar-refractivity contribution >= 4 is 5.97 Å². The summed E-state index contributed by atoms with van der Waals surface area (Å²) in [6.07, 6.45) is -4.06. The standard InChI is InChI=1S/C10H7F3O4/c1-2-16-8-5-6(9(14)15)3-4-7(8)17-10(11,12)13/h2-5H,1H2,(H,14,15)/p-1. The Morgan fingerprint density at radius 3 is 2.47 bits per heavy atom. The summed E-state index contributed by atoms with van der Waals surface area (Å²) in [5, 5.41) is 10.5. The van der Waals surface area contributed by atoms with Crippen molar-refractivity contribution in [1.82, 2.24) is 0 Å². The average molecular weight is 247 g/mol. The lowest BCUT2D eigenvalue weighted by atomic mass is 10.2. The molecule has 0 heterocycles. The molecule has 0 aromatic heterocycles. The van der Waals surface area contributed by atoms with Crippen LogP contribution in [-0.2, 0) is 0 Å². The largest absolute Gasteiger partial charge is 0.573 e. The van der Waals surface area contributed by atoms with Crippen molar-refractivity contribution < 1.29 is 32.5 Å². The van der Waals surface area contributed by atoms with Crippen LogP contribution in [0.5, 0.6) is 11.5 Å². The topological polar surface area (TPSA) is 58.6 Å². The van der Waals surface area contributed by atoms with E-state index in [0.29, 0.717) is 0 Å². The van der Waals surface area contributed by atoms with Crippen LogP contribution in [0, 0.1) is 0 Å². The molecule has 0 radical (unpaired) electrons. The molecule has 0 spiro atoms. The first-order valence-electron chi connectivity index (χ1n) is 4.22. The number of carbonyl (C=O) groups excluding carboxylic acids is 1. The van der Waals surface area contributed by atoms with Crippen LogP contribution >= 0.6 is 0 Å². The normalized spacial score (nSPS) is 10.8. The first-order valence-corrected chi connectivity index (χ1v) is 4.22. The smallest absolute Gasteiger partial charge is 0.545 e. The molecule has 92 valence electrons. The fraction of sp³-hybridized carbons (Fsp3) is 0.100. The minimum Gasteiger partial charge on any atom is -0.545 e. The van der Waals surface area contributed by atoms with Gasteiger partial charge in [0.15, 0.2) is 11.5 Å². The molecule has 1 aromatic rings. The minimum absolute atomic E-state index is 0.337. The van der Waals surface area contributed by atoms with Crippen LogP contribution < -0.4 is 14.6 Å². The molecule has 17 heavy (non-hydrogen) atoms. The number of carbonyl (C=O) groups is 1. The van der Waals surface area contributed by atoms with Gasteiger partial charge in [0.25, 0.3) is 0 Å². The number of halogens is 3. The molecule has 4 nitrogen and oxygen atoms in total. The second-order valence-corrected chi connectivity index (χ2v) is 2.78. The van der Waals surface area contributed by atoms with Gasteiger partial charge < -0.3 is 19.4 Å². The molecule has 0 N–H and O–H groups in total. The quantitative estimate of drug-likeness (QED) is 0.756. The van der Waals surface area contributed by atoms with E-state index in [1.807, 2.05) is 0 Å². The molecule has 1 rings (SSSR count). The fourth-order valence-corrected chi connectivity index (χ4v) is 1.03. The summed E-state index contributed by atoms with van der Waals surface area (Å²) in [4.78, 5) is 10.5. The second-order valence-electron chi connectivity index (χ2n) is 2.78. The van der Waals surface area contributed by atoms with Gasteiger partial charge in [-0.15, -0.1) is 13.2 Å². The third-order valence-electron chi connectivity index (χ3n) is 1.62. The average Bonchev–Trinajstić information content (AvgIpc) is 2.18. The van der Waals surface area contributed by atoms with Gasteiger partial charge in [-0.3, -0.25) is 0 Å². The molecule has 0 aliphatic carbocycles. The number of aromatic carboxylic acids is 1.